The van der Waals surface area contributed by atoms with Crippen LogP contribution in [0.15, 0.2) is 24.3 Å². The van der Waals surface area contributed by atoms with E-state index < -0.39 is 114 Å². The van der Waals surface area contributed by atoms with E-state index in [1.807, 2.05) is 0 Å². The summed E-state index contributed by atoms with van der Waals surface area (Å²) in [5.41, 5.74) is 9.31. The van der Waals surface area contributed by atoms with Gasteiger partial charge in [0.1, 0.15) is 17.8 Å². The summed E-state index contributed by atoms with van der Waals surface area (Å²) in [6.45, 7) is -0.695. The number of carbonyl (C=O) groups is 8. The second-order valence-corrected chi connectivity index (χ2v) is 12.9. The molecule has 50 heavy (non-hydrogen) atoms. The standard InChI is InChI=1S/C31H43N5O12S2/c32-25(26(50)31(47)48)23(40)11-16(5-8-24(41)42)30(46)36-9-1-2-21(36)29(45)35-20(14-49)22(39)12-17(10-15-3-6-18(38)7-4-15)28(44)34-19(13-37)27(33)43/h3-4,6-7,16-17,19-21,25-26,37-38,49-50H,1-2,5,8-14,32H2,(H2,33,43)(H,34,44)(H,35,45)(H,41,42)(H,47,48)/p+1/t16-,17-,19+,20+,21+,25-,26-/m1/s1. The van der Waals surface area contributed by atoms with Gasteiger partial charge in [0.2, 0.25) is 23.6 Å². The number of aliphatic carboxylic acids is 2. The van der Waals surface area contributed by atoms with Gasteiger partial charge in [0.05, 0.1) is 12.6 Å². The van der Waals surface area contributed by atoms with E-state index in [4.69, 9.17) is 5.73 Å². The van der Waals surface area contributed by atoms with Gasteiger partial charge in [0, 0.05) is 43.4 Å². The Labute approximate surface area is 298 Å². The number of phenolic OH excluding ortho intramolecular Hbond substituents is 1. The molecule has 0 unspecified atom stereocenters. The highest BCUT2D eigenvalue weighted by molar-refractivity contribution is 7.81. The van der Waals surface area contributed by atoms with E-state index in [-0.39, 0.29) is 37.3 Å². The molecule has 2 rings (SSSR count). The van der Waals surface area contributed by atoms with Gasteiger partial charge in [-0.3, -0.25) is 38.4 Å². The van der Waals surface area contributed by atoms with Crippen LogP contribution >= 0.6 is 25.3 Å². The van der Waals surface area contributed by atoms with E-state index in [0.717, 1.165) is 0 Å². The third kappa shape index (κ3) is 12.3. The van der Waals surface area contributed by atoms with Crippen molar-refractivity contribution >= 4 is 72.4 Å². The molecule has 0 aliphatic carbocycles. The number of nitrogens with two attached hydrogens (primary N) is 1. The number of benzene rings is 1. The van der Waals surface area contributed by atoms with Gasteiger partial charge in [-0.1, -0.05) is 12.1 Å². The highest BCUT2D eigenvalue weighted by atomic mass is 32.1. The van der Waals surface area contributed by atoms with Crippen molar-refractivity contribution in [2.45, 2.75) is 74.4 Å². The first-order chi connectivity index (χ1) is 23.5. The molecular formula is C31H44N5O12S2+. The van der Waals surface area contributed by atoms with Crippen LogP contribution in [0.1, 0.15) is 44.1 Å². The number of hydrogen-bond acceptors (Lipinski definition) is 12. The number of thiol groups is 2. The van der Waals surface area contributed by atoms with Gasteiger partial charge in [-0.2, -0.15) is 25.3 Å². The molecule has 1 saturated heterocycles. The van der Waals surface area contributed by atoms with Gasteiger partial charge in [0.25, 0.3) is 0 Å². The molecule has 19 heteroatoms. The zero-order valence-electron chi connectivity index (χ0n) is 27.1. The van der Waals surface area contributed by atoms with E-state index in [0.29, 0.717) is 12.0 Å². The Bertz CT molecular complexity index is 1430. The van der Waals surface area contributed by atoms with Crippen molar-refractivity contribution in [3.05, 3.63) is 29.8 Å². The fourth-order valence-corrected chi connectivity index (χ4v) is 5.90. The lowest BCUT2D eigenvalue weighted by molar-refractivity contribution is -0.400. The van der Waals surface area contributed by atoms with Crippen molar-refractivity contribution in [2.75, 3.05) is 18.9 Å². The predicted octanol–water partition coefficient (Wildman–Crippen LogP) is -2.69. The molecule has 1 aromatic carbocycles. The lowest BCUT2D eigenvalue weighted by atomic mass is 9.91. The molecule has 276 valence electrons. The highest BCUT2D eigenvalue weighted by Crippen LogP contribution is 2.25. The number of hydrogen-bond donors (Lipinski definition) is 10. The number of rotatable bonds is 21. The molecule has 1 aromatic rings. The fourth-order valence-electron chi connectivity index (χ4n) is 5.44. The maximum atomic E-state index is 13.7. The highest BCUT2D eigenvalue weighted by Gasteiger charge is 2.41. The molecule has 0 bridgehead atoms. The Morgan fingerprint density at radius 2 is 1.58 bits per heavy atom. The minimum atomic E-state index is -1.45. The molecule has 1 aliphatic rings. The van der Waals surface area contributed by atoms with Crippen molar-refractivity contribution < 1.29 is 64.5 Å². The molecule has 1 heterocycles. The maximum Gasteiger partial charge on any atom is 0.323 e. The minimum Gasteiger partial charge on any atom is -0.508 e. The predicted molar refractivity (Wildman–Crippen MR) is 181 cm³/mol. The first kappa shape index (κ1) is 42.0. The number of amides is 4. The quantitative estimate of drug-likeness (QED) is 0.0577. The van der Waals surface area contributed by atoms with Crippen LogP contribution in [0.4, 0.5) is 0 Å². The van der Waals surface area contributed by atoms with E-state index in [1.165, 1.54) is 29.2 Å². The SMILES string of the molecule is NC(=O)[C@H](CO)NC(=O)[C@@H](CC(=O)[C@H](CS)NC(=O)[C@@H]1CCCN1C(=O)[C@H](CCC(=O)O)CC(=O)[C@@H]([NH3+])[C@@H](S)C(=O)O)Cc1ccc(O)cc1. The summed E-state index contributed by atoms with van der Waals surface area (Å²) in [5.74, 6) is -9.70. The summed E-state index contributed by atoms with van der Waals surface area (Å²) in [6.07, 6.45) is -1.19. The van der Waals surface area contributed by atoms with E-state index in [9.17, 15) is 58.8 Å². The van der Waals surface area contributed by atoms with Crippen molar-refractivity contribution in [3.63, 3.8) is 0 Å². The van der Waals surface area contributed by atoms with Gasteiger partial charge in [-0.15, -0.1) is 0 Å². The summed E-state index contributed by atoms with van der Waals surface area (Å²) in [4.78, 5) is 102. The zero-order chi connectivity index (χ0) is 37.7. The number of aliphatic hydroxyl groups excluding tert-OH is 1. The third-order valence-corrected chi connectivity index (χ3v) is 9.30. The van der Waals surface area contributed by atoms with Gasteiger partial charge < -0.3 is 47.4 Å². The van der Waals surface area contributed by atoms with Crippen LogP contribution < -0.4 is 22.1 Å². The van der Waals surface area contributed by atoms with Crippen LogP contribution in [0.3, 0.4) is 0 Å². The molecule has 17 nitrogen and oxygen atoms in total. The monoisotopic (exact) mass is 742 g/mol. The number of phenols is 1. The largest absolute Gasteiger partial charge is 0.508 e. The number of carboxylic acids is 2. The lowest BCUT2D eigenvalue weighted by Crippen LogP contribution is -2.70. The van der Waals surface area contributed by atoms with Crippen LogP contribution in [0.2, 0.25) is 0 Å². The van der Waals surface area contributed by atoms with Crippen LogP contribution in [-0.2, 0) is 44.8 Å². The Kier molecular flexibility index (Phi) is 16.7. The normalized spacial score (nSPS) is 17.8. The molecule has 0 spiro atoms. The molecule has 0 saturated carbocycles. The van der Waals surface area contributed by atoms with Gasteiger partial charge in [0.15, 0.2) is 22.9 Å². The van der Waals surface area contributed by atoms with Crippen LogP contribution in [0, 0.1) is 11.8 Å². The average Bonchev–Trinajstić information content (AvgIpc) is 3.57. The number of aliphatic hydroxyl groups is 1. The Hall–Kier alpha value is -4.20. The van der Waals surface area contributed by atoms with Gasteiger partial charge >= 0.3 is 11.9 Å². The maximum absolute atomic E-state index is 13.7. The number of nitrogens with one attached hydrogen (secondary N) is 2. The second-order valence-electron chi connectivity index (χ2n) is 12.0. The first-order valence-corrected chi connectivity index (χ1v) is 16.9. The van der Waals surface area contributed by atoms with E-state index in [1.54, 1.807) is 0 Å². The van der Waals surface area contributed by atoms with Gasteiger partial charge in [-0.05, 0) is 43.4 Å². The van der Waals surface area contributed by atoms with Gasteiger partial charge in [-0.25, -0.2) is 0 Å². The number of Topliss-reactive ketones (excluding diaryl/α,β-unsaturated/α-hetero) is 2. The minimum absolute atomic E-state index is 0.0298. The smallest absolute Gasteiger partial charge is 0.323 e. The summed E-state index contributed by atoms with van der Waals surface area (Å²) >= 11 is 8.07. The number of likely N-dealkylation sites (tertiary alicyclic amines) is 1. The zero-order valence-corrected chi connectivity index (χ0v) is 28.9. The second kappa shape index (κ2) is 19.9. The molecule has 7 atom stereocenters. The molecule has 11 N–H and O–H groups in total. The lowest BCUT2D eigenvalue weighted by Gasteiger charge is -2.29. The van der Waals surface area contributed by atoms with Crippen molar-refractivity contribution in [2.24, 2.45) is 17.6 Å². The third-order valence-electron chi connectivity index (χ3n) is 8.36. The van der Waals surface area contributed by atoms with E-state index in [2.05, 4.69) is 41.6 Å². The van der Waals surface area contributed by atoms with E-state index >= 15 is 0 Å². The average molecular weight is 743 g/mol. The summed E-state index contributed by atoms with van der Waals surface area (Å²) < 4.78 is 0. The number of carbonyl (C=O) groups excluding carboxylic acids is 6. The topological polar surface area (TPSA) is 298 Å². The Morgan fingerprint density at radius 3 is 2.12 bits per heavy atom. The van der Waals surface area contributed by atoms with Crippen molar-refractivity contribution in [3.8, 4) is 5.75 Å². The van der Waals surface area contributed by atoms with Crippen LogP contribution in [0.25, 0.3) is 0 Å². The Balaban J connectivity index is 2.23. The molecule has 4 amide bonds. The number of ketones is 2. The first-order valence-electron chi connectivity index (χ1n) is 15.7. The number of carboxylic acid groups (broad SMARTS) is 2. The van der Waals surface area contributed by atoms with Crippen LogP contribution in [0.5, 0.6) is 5.75 Å². The van der Waals surface area contributed by atoms with Crippen LogP contribution in [-0.4, -0.2) is 121 Å². The summed E-state index contributed by atoms with van der Waals surface area (Å²) in [6, 6.07) is 0.733. The number of quaternary nitrogens is 1. The molecular weight excluding hydrogens is 698 g/mol. The fraction of sp³-hybridized carbons (Fsp3) is 0.548. The van der Waals surface area contributed by atoms with Crippen molar-refractivity contribution in [1.82, 2.24) is 15.5 Å². The molecule has 0 aromatic heterocycles. The van der Waals surface area contributed by atoms with Crippen molar-refractivity contribution in [1.29, 1.82) is 0 Å². The summed E-state index contributed by atoms with van der Waals surface area (Å²) in [7, 11) is 0. The number of primary amides is 1. The molecule has 0 radical (unpaired) electrons. The molecule has 1 aliphatic heterocycles. The number of nitrogens with zero attached hydrogens (tertiary/aromatic N) is 1. The number of aromatic hydroxyl groups is 1. The summed E-state index contributed by atoms with van der Waals surface area (Å²) in [5, 5.41) is 40.9. The Morgan fingerprint density at radius 1 is 0.960 bits per heavy atom. The molecule has 1 fully saturated rings.